The van der Waals surface area contributed by atoms with Crippen molar-refractivity contribution in [1.82, 2.24) is 14.5 Å². The van der Waals surface area contributed by atoms with Gasteiger partial charge in [-0.2, -0.15) is 5.26 Å². The third-order valence-electron chi connectivity index (χ3n) is 5.17. The fourth-order valence-electron chi connectivity index (χ4n) is 3.94. The molecule has 1 saturated carbocycles. The van der Waals surface area contributed by atoms with E-state index in [1.54, 1.807) is 24.5 Å². The Morgan fingerprint density at radius 3 is 3.00 bits per heavy atom. The van der Waals surface area contributed by atoms with Gasteiger partial charge in [0.1, 0.15) is 17.4 Å². The first kappa shape index (κ1) is 16.5. The number of hydrogen-bond acceptors (Lipinski definition) is 6. The molecule has 0 saturated heterocycles. The number of aliphatic hydroxyl groups is 2. The Balaban J connectivity index is 1.84. The molecule has 0 radical (unpaired) electrons. The van der Waals surface area contributed by atoms with Crippen molar-refractivity contribution in [2.75, 3.05) is 0 Å². The van der Waals surface area contributed by atoms with Crippen molar-refractivity contribution in [3.63, 3.8) is 0 Å². The normalized spacial score (nSPS) is 25.3. The van der Waals surface area contributed by atoms with Gasteiger partial charge in [-0.25, -0.2) is 4.98 Å². The number of pyridine rings is 1. The molecule has 25 heavy (non-hydrogen) atoms. The van der Waals surface area contributed by atoms with Crippen LogP contribution in [-0.2, 0) is 0 Å². The molecule has 6 nitrogen and oxygen atoms in total. The van der Waals surface area contributed by atoms with E-state index in [0.29, 0.717) is 18.7 Å². The van der Waals surface area contributed by atoms with E-state index in [1.165, 1.54) is 0 Å². The van der Waals surface area contributed by atoms with Gasteiger partial charge < -0.3 is 14.8 Å². The van der Waals surface area contributed by atoms with Crippen LogP contribution in [0.3, 0.4) is 0 Å². The molecule has 0 aromatic carbocycles. The summed E-state index contributed by atoms with van der Waals surface area (Å²) in [6.45, 7) is 1.72. The second-order valence-corrected chi connectivity index (χ2v) is 7.72. The summed E-state index contributed by atoms with van der Waals surface area (Å²) in [6.07, 6.45) is 3.19. The highest BCUT2D eigenvalue weighted by Gasteiger charge is 2.33. The first-order chi connectivity index (χ1) is 12.1. The van der Waals surface area contributed by atoms with Crippen molar-refractivity contribution in [3.8, 4) is 6.07 Å². The maximum atomic E-state index is 10.5. The molecule has 0 spiro atoms. The second-order valence-electron chi connectivity index (χ2n) is 6.80. The van der Waals surface area contributed by atoms with E-state index in [9.17, 15) is 10.2 Å². The Kier molecular flexibility index (Phi) is 4.20. The molecule has 3 aromatic rings. The zero-order valence-electron chi connectivity index (χ0n) is 14.0. The summed E-state index contributed by atoms with van der Waals surface area (Å²) < 4.78 is 3.16. The first-order valence-electron chi connectivity index (χ1n) is 8.57. The molecule has 4 rings (SSSR count). The van der Waals surface area contributed by atoms with Crippen LogP contribution in [0, 0.1) is 17.2 Å². The van der Waals surface area contributed by atoms with Gasteiger partial charge in [-0.05, 0) is 43.6 Å². The number of hydrogen-bond donors (Lipinski definition) is 2. The Labute approximate surface area is 149 Å². The molecule has 1 aliphatic rings. The van der Waals surface area contributed by atoms with Crippen LogP contribution in [0.15, 0.2) is 17.6 Å². The molecule has 0 unspecified atom stereocenters. The van der Waals surface area contributed by atoms with Gasteiger partial charge in [0.05, 0.1) is 34.1 Å². The lowest BCUT2D eigenvalue weighted by atomic mass is 9.81. The van der Waals surface area contributed by atoms with Crippen molar-refractivity contribution in [2.45, 2.75) is 50.9 Å². The zero-order valence-corrected chi connectivity index (χ0v) is 14.8. The highest BCUT2D eigenvalue weighted by Crippen LogP contribution is 2.40. The van der Waals surface area contributed by atoms with E-state index in [1.807, 2.05) is 11.4 Å². The minimum atomic E-state index is -0.698. The second kappa shape index (κ2) is 6.37. The Bertz CT molecular complexity index is 955. The number of nitrogens with zero attached hydrogens (tertiary/aromatic N) is 4. The number of aromatic nitrogens is 3. The summed E-state index contributed by atoms with van der Waals surface area (Å²) in [5.74, 6) is 0.656. The third-order valence-corrected chi connectivity index (χ3v) is 6.08. The molecule has 0 bridgehead atoms. The predicted octanol–water partition coefficient (Wildman–Crippen LogP) is 3.32. The maximum Gasteiger partial charge on any atom is 0.138 e. The van der Waals surface area contributed by atoms with E-state index in [4.69, 9.17) is 5.26 Å². The van der Waals surface area contributed by atoms with Gasteiger partial charge in [0.2, 0.25) is 0 Å². The third kappa shape index (κ3) is 2.71. The van der Waals surface area contributed by atoms with Gasteiger partial charge in [0, 0.05) is 12.5 Å². The Hall–Kier alpha value is -2.01. The molecule has 3 aromatic heterocycles. The van der Waals surface area contributed by atoms with E-state index < -0.39 is 12.2 Å². The van der Waals surface area contributed by atoms with Crippen LogP contribution in [0.4, 0.5) is 0 Å². The molecule has 2 N–H and O–H groups in total. The first-order valence-corrected chi connectivity index (χ1v) is 9.45. The van der Waals surface area contributed by atoms with E-state index in [0.717, 1.165) is 34.1 Å². The molecular weight excluding hydrogens is 336 g/mol. The Morgan fingerprint density at radius 1 is 1.44 bits per heavy atom. The monoisotopic (exact) mass is 356 g/mol. The van der Waals surface area contributed by atoms with Crippen molar-refractivity contribution < 1.29 is 10.2 Å². The summed E-state index contributed by atoms with van der Waals surface area (Å²) in [4.78, 5) is 9.07. The molecule has 3 heterocycles. The topological polar surface area (TPSA) is 95.0 Å². The molecule has 0 amide bonds. The fourth-order valence-corrected chi connectivity index (χ4v) is 4.83. The summed E-state index contributed by atoms with van der Waals surface area (Å²) in [5, 5.41) is 31.7. The van der Waals surface area contributed by atoms with E-state index in [2.05, 4.69) is 20.6 Å². The van der Waals surface area contributed by atoms with Gasteiger partial charge in [0.15, 0.2) is 0 Å². The number of thiophene rings is 1. The average Bonchev–Trinajstić information content (AvgIpc) is 3.20. The van der Waals surface area contributed by atoms with Gasteiger partial charge in [-0.15, -0.1) is 11.3 Å². The van der Waals surface area contributed by atoms with Gasteiger partial charge in [0.25, 0.3) is 0 Å². The average molecular weight is 356 g/mol. The molecule has 0 aliphatic heterocycles. The van der Waals surface area contributed by atoms with Crippen LogP contribution < -0.4 is 0 Å². The van der Waals surface area contributed by atoms with Crippen molar-refractivity contribution >= 4 is 32.6 Å². The lowest BCUT2D eigenvalue weighted by Gasteiger charge is -2.34. The van der Waals surface area contributed by atoms with Crippen LogP contribution >= 0.6 is 11.3 Å². The van der Waals surface area contributed by atoms with E-state index >= 15 is 0 Å². The van der Waals surface area contributed by atoms with E-state index in [-0.39, 0.29) is 12.0 Å². The van der Waals surface area contributed by atoms with Gasteiger partial charge in [-0.1, -0.05) is 0 Å². The van der Waals surface area contributed by atoms with Crippen LogP contribution in [0.5, 0.6) is 0 Å². The number of nitriles is 1. The summed E-state index contributed by atoms with van der Waals surface area (Å²) in [6, 6.07) is 4.22. The predicted molar refractivity (Wildman–Crippen MR) is 96.2 cm³/mol. The highest BCUT2D eigenvalue weighted by molar-refractivity contribution is 7.18. The van der Waals surface area contributed by atoms with Crippen molar-refractivity contribution in [1.29, 1.82) is 5.26 Å². The van der Waals surface area contributed by atoms with Crippen LogP contribution in [0.2, 0.25) is 0 Å². The number of rotatable bonds is 3. The minimum Gasteiger partial charge on any atom is -0.393 e. The number of fused-ring (bicyclic) bond motifs is 3. The highest BCUT2D eigenvalue weighted by atomic mass is 32.1. The fraction of sp³-hybridized carbons (Fsp3) is 0.500. The van der Waals surface area contributed by atoms with Crippen LogP contribution in [0.25, 0.3) is 21.3 Å². The quantitative estimate of drug-likeness (QED) is 0.751. The smallest absolute Gasteiger partial charge is 0.138 e. The lowest BCUT2D eigenvalue weighted by molar-refractivity contribution is 0.0480. The van der Waals surface area contributed by atoms with Crippen LogP contribution in [0.1, 0.15) is 50.6 Å². The van der Waals surface area contributed by atoms with Crippen molar-refractivity contribution in [2.24, 2.45) is 5.92 Å². The number of aliphatic hydroxyl groups excluding tert-OH is 2. The summed E-state index contributed by atoms with van der Waals surface area (Å²) in [7, 11) is 0. The lowest BCUT2D eigenvalue weighted by Crippen LogP contribution is -2.31. The van der Waals surface area contributed by atoms with Crippen molar-refractivity contribution in [3.05, 3.63) is 23.5 Å². The Morgan fingerprint density at radius 2 is 2.28 bits per heavy atom. The van der Waals surface area contributed by atoms with Gasteiger partial charge in [-0.3, -0.25) is 4.98 Å². The minimum absolute atomic E-state index is 0.0365. The zero-order chi connectivity index (χ0) is 17.6. The maximum absolute atomic E-state index is 10.5. The molecule has 4 atom stereocenters. The molecule has 1 aliphatic carbocycles. The largest absolute Gasteiger partial charge is 0.393 e. The molecular formula is C18H20N4O2S. The molecule has 130 valence electrons. The molecule has 7 heteroatoms. The van der Waals surface area contributed by atoms with Gasteiger partial charge >= 0.3 is 0 Å². The van der Waals surface area contributed by atoms with Crippen LogP contribution in [-0.4, -0.2) is 30.9 Å². The molecule has 1 fully saturated rings. The summed E-state index contributed by atoms with van der Waals surface area (Å²) >= 11 is 1.62. The standard InChI is InChI=1S/C18H20N4O2S/c1-10(23)18-21-14-9-20-13-5-7-25-17(13)16(14)22(18)12-3-2-11(4-6-19)15(24)8-12/h5,7,9-12,15,23-24H,2-4,8H2,1H3/t10-,11-,12+,15-/m1/s1. The summed E-state index contributed by atoms with van der Waals surface area (Å²) in [5.41, 5.74) is 2.70. The SMILES string of the molecule is C[C@@H](O)c1nc2cnc3ccsc3c2n1[C@H]1CC[C@H](CC#N)[C@H](O)C1. The number of imidazole rings is 1.